The van der Waals surface area contributed by atoms with Crippen LogP contribution in [0.1, 0.15) is 51.7 Å². The minimum atomic E-state index is 0.923. The first-order valence-corrected chi connectivity index (χ1v) is 7.89. The summed E-state index contributed by atoms with van der Waals surface area (Å²) < 4.78 is 5.84. The minimum absolute atomic E-state index is 0.923. The smallest absolute Gasteiger partial charge is 0.130 e. The quantitative estimate of drug-likeness (QED) is 0.581. The first-order valence-electron chi connectivity index (χ1n) is 7.89. The summed E-state index contributed by atoms with van der Waals surface area (Å²) in [6.45, 7) is 12.6. The van der Waals surface area contributed by atoms with Gasteiger partial charge < -0.3 is 4.74 Å². The minimum Gasteiger partial charge on any atom is -0.457 e. The molecule has 0 heterocycles. The summed E-state index contributed by atoms with van der Waals surface area (Å²) in [4.78, 5) is 0. The van der Waals surface area contributed by atoms with Crippen molar-refractivity contribution in [3.63, 3.8) is 0 Å². The molecule has 116 valence electrons. The van der Waals surface area contributed by atoms with Gasteiger partial charge in [0.2, 0.25) is 0 Å². The Morgan fingerprint density at radius 2 is 0.905 bits per heavy atom. The van der Waals surface area contributed by atoms with Crippen LogP contribution in [0.25, 0.3) is 0 Å². The molecule has 0 spiro atoms. The normalized spacial score (nSPS) is 8.86. The van der Waals surface area contributed by atoms with Gasteiger partial charge in [-0.15, -0.1) is 0 Å². The van der Waals surface area contributed by atoms with Crippen LogP contribution in [0.4, 0.5) is 0 Å². The second-order valence-corrected chi connectivity index (χ2v) is 5.05. The highest BCUT2D eigenvalue weighted by molar-refractivity contribution is 5.40. The Morgan fingerprint density at radius 1 is 0.619 bits per heavy atom. The van der Waals surface area contributed by atoms with Crippen molar-refractivity contribution >= 4 is 0 Å². The number of rotatable bonds is 2. The van der Waals surface area contributed by atoms with E-state index < -0.39 is 0 Å². The largest absolute Gasteiger partial charge is 0.457 e. The zero-order valence-electron chi connectivity index (χ0n) is 14.4. The van der Waals surface area contributed by atoms with Crippen LogP contribution in [0.2, 0.25) is 0 Å². The molecule has 0 aliphatic heterocycles. The van der Waals surface area contributed by atoms with Crippen molar-refractivity contribution in [2.45, 2.75) is 54.4 Å². The molecule has 2 aromatic rings. The van der Waals surface area contributed by atoms with Crippen molar-refractivity contribution in [2.75, 3.05) is 0 Å². The van der Waals surface area contributed by atoms with Gasteiger partial charge in [0.05, 0.1) is 0 Å². The lowest BCUT2D eigenvalue weighted by Gasteiger charge is -2.10. The first kappa shape index (κ1) is 19.2. The van der Waals surface area contributed by atoms with E-state index in [1.807, 2.05) is 62.4 Å². The molecule has 0 amide bonds. The van der Waals surface area contributed by atoms with Gasteiger partial charge in [-0.1, -0.05) is 76.9 Å². The van der Waals surface area contributed by atoms with Gasteiger partial charge in [-0.2, -0.15) is 0 Å². The third kappa shape index (κ3) is 8.19. The molecule has 0 aliphatic rings. The fourth-order valence-corrected chi connectivity index (χ4v) is 1.46. The van der Waals surface area contributed by atoms with Crippen molar-refractivity contribution in [1.29, 1.82) is 0 Å². The predicted octanol–water partition coefficient (Wildman–Crippen LogP) is 6.93. The lowest BCUT2D eigenvalue weighted by atomic mass is 10.2. The zero-order chi connectivity index (χ0) is 16.1. The van der Waals surface area contributed by atoms with Crippen LogP contribution in [0.3, 0.4) is 0 Å². The molecule has 0 radical (unpaired) electrons. The summed E-state index contributed by atoms with van der Waals surface area (Å²) in [5, 5.41) is 0. The molecule has 0 saturated heterocycles. The highest BCUT2D eigenvalue weighted by Crippen LogP contribution is 2.26. The van der Waals surface area contributed by atoms with E-state index >= 15 is 0 Å². The van der Waals surface area contributed by atoms with Gasteiger partial charge in [-0.05, 0) is 37.1 Å². The molecule has 0 aliphatic carbocycles. The Morgan fingerprint density at radius 3 is 1.19 bits per heavy atom. The van der Waals surface area contributed by atoms with E-state index in [0.29, 0.717) is 0 Å². The summed E-state index contributed by atoms with van der Waals surface area (Å²) in [7, 11) is 0. The molecule has 2 rings (SSSR count). The van der Waals surface area contributed by atoms with Crippen LogP contribution in [0, 0.1) is 13.8 Å². The molecule has 1 heteroatoms. The number of hydrogen-bond donors (Lipinski definition) is 0. The lowest BCUT2D eigenvalue weighted by molar-refractivity contribution is 0.475. The van der Waals surface area contributed by atoms with E-state index in [0.717, 1.165) is 22.6 Å². The number of para-hydroxylation sites is 2. The van der Waals surface area contributed by atoms with Crippen LogP contribution < -0.4 is 4.74 Å². The maximum atomic E-state index is 5.84. The van der Waals surface area contributed by atoms with Gasteiger partial charge in [0.1, 0.15) is 11.5 Å². The van der Waals surface area contributed by atoms with Crippen LogP contribution in [-0.4, -0.2) is 0 Å². The lowest BCUT2D eigenvalue weighted by Crippen LogP contribution is -1.88. The summed E-state index contributed by atoms with van der Waals surface area (Å²) in [6.07, 6.45) is 2.50. The molecule has 0 bridgehead atoms. The van der Waals surface area contributed by atoms with E-state index in [-0.39, 0.29) is 0 Å². The molecule has 0 fully saturated rings. The molecular formula is C20H30O. The van der Waals surface area contributed by atoms with E-state index in [1.165, 1.54) is 12.8 Å². The molecular weight excluding hydrogens is 256 g/mol. The van der Waals surface area contributed by atoms with Crippen LogP contribution in [0.15, 0.2) is 48.5 Å². The molecule has 0 aromatic heterocycles. The third-order valence-electron chi connectivity index (χ3n) is 2.41. The number of aryl methyl sites for hydroxylation is 2. The van der Waals surface area contributed by atoms with E-state index in [2.05, 4.69) is 27.7 Å². The van der Waals surface area contributed by atoms with Crippen LogP contribution in [0.5, 0.6) is 11.5 Å². The fourth-order valence-electron chi connectivity index (χ4n) is 1.46. The predicted molar refractivity (Wildman–Crippen MR) is 94.4 cm³/mol. The summed E-state index contributed by atoms with van der Waals surface area (Å²) in [6, 6.07) is 16.1. The summed E-state index contributed by atoms with van der Waals surface area (Å²) in [5.41, 5.74) is 2.31. The maximum absolute atomic E-state index is 5.84. The van der Waals surface area contributed by atoms with E-state index in [9.17, 15) is 0 Å². The van der Waals surface area contributed by atoms with E-state index in [4.69, 9.17) is 4.74 Å². The Balaban J connectivity index is 0.000000578. The SMILES string of the molecule is CCC.CCC.Cc1ccccc1Oc1ccccc1C. The first-order chi connectivity index (χ1) is 10.1. The average Bonchev–Trinajstić information content (AvgIpc) is 2.45. The van der Waals surface area contributed by atoms with Gasteiger partial charge in [0.25, 0.3) is 0 Å². The molecule has 0 unspecified atom stereocenters. The van der Waals surface area contributed by atoms with Gasteiger partial charge >= 0.3 is 0 Å². The van der Waals surface area contributed by atoms with Crippen molar-refractivity contribution in [3.05, 3.63) is 59.7 Å². The number of hydrogen-bond acceptors (Lipinski definition) is 1. The van der Waals surface area contributed by atoms with Crippen molar-refractivity contribution in [3.8, 4) is 11.5 Å². The molecule has 0 N–H and O–H groups in total. The van der Waals surface area contributed by atoms with Crippen LogP contribution in [-0.2, 0) is 0 Å². The zero-order valence-corrected chi connectivity index (χ0v) is 14.4. The van der Waals surface area contributed by atoms with Gasteiger partial charge in [0, 0.05) is 0 Å². The van der Waals surface area contributed by atoms with E-state index in [1.54, 1.807) is 0 Å². The van der Waals surface area contributed by atoms with Crippen molar-refractivity contribution in [1.82, 2.24) is 0 Å². The molecule has 1 nitrogen and oxygen atoms in total. The molecule has 2 aromatic carbocycles. The summed E-state index contributed by atoms with van der Waals surface area (Å²) in [5.74, 6) is 1.85. The average molecular weight is 286 g/mol. The summed E-state index contributed by atoms with van der Waals surface area (Å²) >= 11 is 0. The molecule has 0 atom stereocenters. The fraction of sp³-hybridized carbons (Fsp3) is 0.400. The van der Waals surface area contributed by atoms with Crippen molar-refractivity contribution in [2.24, 2.45) is 0 Å². The molecule has 0 saturated carbocycles. The third-order valence-corrected chi connectivity index (χ3v) is 2.41. The standard InChI is InChI=1S/C14H14O.2C3H8/c1-11-7-3-5-9-13(11)15-14-10-6-4-8-12(14)2;2*1-3-2/h3-10H,1-2H3;2*3H2,1-2H3. The highest BCUT2D eigenvalue weighted by atomic mass is 16.5. The maximum Gasteiger partial charge on any atom is 0.130 e. The molecule has 21 heavy (non-hydrogen) atoms. The monoisotopic (exact) mass is 286 g/mol. The Labute approximate surface area is 131 Å². The van der Waals surface area contributed by atoms with Gasteiger partial charge in [0.15, 0.2) is 0 Å². The number of benzene rings is 2. The second-order valence-electron chi connectivity index (χ2n) is 5.05. The highest BCUT2D eigenvalue weighted by Gasteiger charge is 2.01. The van der Waals surface area contributed by atoms with Gasteiger partial charge in [-0.3, -0.25) is 0 Å². The topological polar surface area (TPSA) is 9.23 Å². The van der Waals surface area contributed by atoms with Crippen molar-refractivity contribution < 1.29 is 4.74 Å². The Bertz CT molecular complexity index is 443. The number of ether oxygens (including phenoxy) is 1. The Hall–Kier alpha value is -1.76. The van der Waals surface area contributed by atoms with Crippen LogP contribution >= 0.6 is 0 Å². The Kier molecular flexibility index (Phi) is 11.0. The second kappa shape index (κ2) is 12.0. The van der Waals surface area contributed by atoms with Gasteiger partial charge in [-0.25, -0.2) is 0 Å².